The van der Waals surface area contributed by atoms with Crippen LogP contribution < -0.4 is 0 Å². The summed E-state index contributed by atoms with van der Waals surface area (Å²) in [5.41, 5.74) is 5.65. The fourth-order valence-electron chi connectivity index (χ4n) is 2.42. The molecule has 2 aromatic carbocycles. The van der Waals surface area contributed by atoms with Crippen LogP contribution in [0.3, 0.4) is 0 Å². The average Bonchev–Trinajstić information content (AvgIpc) is 2.23. The van der Waals surface area contributed by atoms with Crippen LogP contribution in [0.5, 0.6) is 0 Å². The third-order valence-electron chi connectivity index (χ3n) is 3.25. The molecule has 78 valence electrons. The van der Waals surface area contributed by atoms with Crippen molar-refractivity contribution < 1.29 is 0 Å². The summed E-state index contributed by atoms with van der Waals surface area (Å²) >= 11 is 0. The average molecular weight is 198 g/mol. The van der Waals surface area contributed by atoms with E-state index >= 15 is 0 Å². The lowest BCUT2D eigenvalue weighted by molar-refractivity contribution is 1.15. The Kier molecular flexibility index (Phi) is 2.52. The van der Waals surface area contributed by atoms with Crippen LogP contribution in [0.15, 0.2) is 24.3 Å². The van der Waals surface area contributed by atoms with Gasteiger partial charge in [-0.2, -0.15) is 0 Å². The van der Waals surface area contributed by atoms with Gasteiger partial charge in [-0.3, -0.25) is 0 Å². The van der Waals surface area contributed by atoms with E-state index in [4.69, 9.17) is 0 Å². The van der Waals surface area contributed by atoms with Gasteiger partial charge in [0, 0.05) is 0 Å². The minimum absolute atomic E-state index is 1.11. The van der Waals surface area contributed by atoms with Crippen LogP contribution in [-0.4, -0.2) is 0 Å². The molecule has 0 unspecified atom stereocenters. The fraction of sp³-hybridized carbons (Fsp3) is 0.333. The monoisotopic (exact) mass is 198 g/mol. The molecule has 0 aliphatic carbocycles. The Labute approximate surface area is 91.9 Å². The summed E-state index contributed by atoms with van der Waals surface area (Å²) in [7, 11) is 0. The molecule has 0 aromatic heterocycles. The van der Waals surface area contributed by atoms with E-state index in [0.29, 0.717) is 0 Å². The predicted octanol–water partition coefficient (Wildman–Crippen LogP) is 4.33. The minimum atomic E-state index is 1.11. The van der Waals surface area contributed by atoms with Crippen LogP contribution in [0.2, 0.25) is 0 Å². The van der Waals surface area contributed by atoms with Crippen molar-refractivity contribution in [3.63, 3.8) is 0 Å². The number of fused-ring (bicyclic) bond motifs is 1. The molecular formula is C15H18. The van der Waals surface area contributed by atoms with Crippen molar-refractivity contribution in [3.8, 4) is 0 Å². The fourth-order valence-corrected chi connectivity index (χ4v) is 2.42. The molecule has 0 heteroatoms. The smallest absolute Gasteiger partial charge is 0.0117 e. The van der Waals surface area contributed by atoms with Crippen molar-refractivity contribution >= 4 is 10.8 Å². The van der Waals surface area contributed by atoms with Gasteiger partial charge in [0.25, 0.3) is 0 Å². The van der Waals surface area contributed by atoms with Crippen LogP contribution >= 0.6 is 0 Å². The molecule has 0 heterocycles. The van der Waals surface area contributed by atoms with Gasteiger partial charge < -0.3 is 0 Å². The van der Waals surface area contributed by atoms with E-state index in [0.717, 1.165) is 6.42 Å². The normalized spacial score (nSPS) is 10.9. The summed E-state index contributed by atoms with van der Waals surface area (Å²) in [6.45, 7) is 8.84. The van der Waals surface area contributed by atoms with Gasteiger partial charge in [-0.1, -0.05) is 31.2 Å². The Morgan fingerprint density at radius 3 is 1.73 bits per heavy atom. The van der Waals surface area contributed by atoms with E-state index in [-0.39, 0.29) is 0 Å². The van der Waals surface area contributed by atoms with Gasteiger partial charge >= 0.3 is 0 Å². The molecule has 0 aliphatic heterocycles. The van der Waals surface area contributed by atoms with Crippen LogP contribution in [0, 0.1) is 20.8 Å². The third-order valence-corrected chi connectivity index (χ3v) is 3.25. The predicted molar refractivity (Wildman–Crippen MR) is 67.5 cm³/mol. The standard InChI is InChI=1S/C15H18/c1-5-13-9-8-11(3)14-10(2)6-7-12(4)15(13)14/h6-9H,5H2,1-4H3. The summed E-state index contributed by atoms with van der Waals surface area (Å²) in [6.07, 6.45) is 1.11. The van der Waals surface area contributed by atoms with Gasteiger partial charge in [0.15, 0.2) is 0 Å². The molecule has 2 aromatic rings. The first-order chi connectivity index (χ1) is 7.15. The largest absolute Gasteiger partial charge is 0.0613 e. The number of hydrogen-bond acceptors (Lipinski definition) is 0. The Balaban J connectivity index is 2.99. The van der Waals surface area contributed by atoms with Gasteiger partial charge in [0.2, 0.25) is 0 Å². The first-order valence-corrected chi connectivity index (χ1v) is 5.63. The van der Waals surface area contributed by atoms with E-state index in [1.165, 1.54) is 33.0 Å². The van der Waals surface area contributed by atoms with E-state index in [2.05, 4.69) is 52.0 Å². The summed E-state index contributed by atoms with van der Waals surface area (Å²) in [5.74, 6) is 0. The third kappa shape index (κ3) is 1.54. The molecule has 0 bridgehead atoms. The second-order valence-electron chi connectivity index (χ2n) is 4.34. The molecular weight excluding hydrogens is 180 g/mol. The Morgan fingerprint density at radius 1 is 0.733 bits per heavy atom. The van der Waals surface area contributed by atoms with E-state index in [1.54, 1.807) is 0 Å². The van der Waals surface area contributed by atoms with Crippen LogP contribution in [0.25, 0.3) is 10.8 Å². The molecule has 0 spiro atoms. The van der Waals surface area contributed by atoms with Crippen LogP contribution in [0.1, 0.15) is 29.2 Å². The molecule has 0 amide bonds. The van der Waals surface area contributed by atoms with Gasteiger partial charge in [-0.15, -0.1) is 0 Å². The highest BCUT2D eigenvalue weighted by atomic mass is 14.1. The topological polar surface area (TPSA) is 0 Å². The molecule has 0 nitrogen and oxygen atoms in total. The van der Waals surface area contributed by atoms with Gasteiger partial charge in [-0.05, 0) is 60.2 Å². The SMILES string of the molecule is CCc1ccc(C)c2c(C)ccc(C)c12. The lowest BCUT2D eigenvalue weighted by atomic mass is 9.92. The van der Waals surface area contributed by atoms with Crippen molar-refractivity contribution in [2.24, 2.45) is 0 Å². The Bertz CT molecular complexity index is 499. The van der Waals surface area contributed by atoms with Crippen LogP contribution in [0.4, 0.5) is 0 Å². The summed E-state index contributed by atoms with van der Waals surface area (Å²) in [6, 6.07) is 8.97. The number of benzene rings is 2. The Morgan fingerprint density at radius 2 is 1.20 bits per heavy atom. The van der Waals surface area contributed by atoms with E-state index in [9.17, 15) is 0 Å². The van der Waals surface area contributed by atoms with Crippen molar-refractivity contribution in [1.82, 2.24) is 0 Å². The lowest BCUT2D eigenvalue weighted by Gasteiger charge is -2.12. The molecule has 0 atom stereocenters. The molecule has 0 aliphatic rings. The van der Waals surface area contributed by atoms with Crippen LogP contribution in [-0.2, 0) is 6.42 Å². The first-order valence-electron chi connectivity index (χ1n) is 5.63. The highest BCUT2D eigenvalue weighted by Gasteiger charge is 2.06. The highest BCUT2D eigenvalue weighted by molar-refractivity contribution is 5.93. The molecule has 15 heavy (non-hydrogen) atoms. The van der Waals surface area contributed by atoms with Gasteiger partial charge in [0.05, 0.1) is 0 Å². The molecule has 0 radical (unpaired) electrons. The number of aryl methyl sites for hydroxylation is 4. The lowest BCUT2D eigenvalue weighted by Crippen LogP contribution is -1.91. The van der Waals surface area contributed by atoms with Gasteiger partial charge in [0.1, 0.15) is 0 Å². The molecule has 0 saturated heterocycles. The quantitative estimate of drug-likeness (QED) is 0.640. The number of hydrogen-bond donors (Lipinski definition) is 0. The van der Waals surface area contributed by atoms with Gasteiger partial charge in [-0.25, -0.2) is 0 Å². The maximum Gasteiger partial charge on any atom is -0.0117 e. The zero-order valence-corrected chi connectivity index (χ0v) is 10.0. The summed E-state index contributed by atoms with van der Waals surface area (Å²) in [5, 5.41) is 2.92. The molecule has 0 fully saturated rings. The van der Waals surface area contributed by atoms with Crippen molar-refractivity contribution in [1.29, 1.82) is 0 Å². The first kappa shape index (κ1) is 10.2. The maximum absolute atomic E-state index is 2.27. The molecule has 2 rings (SSSR count). The van der Waals surface area contributed by atoms with Crippen molar-refractivity contribution in [2.75, 3.05) is 0 Å². The van der Waals surface area contributed by atoms with E-state index in [1.807, 2.05) is 0 Å². The minimum Gasteiger partial charge on any atom is -0.0613 e. The Hall–Kier alpha value is -1.30. The maximum atomic E-state index is 2.27. The van der Waals surface area contributed by atoms with Crippen molar-refractivity contribution in [2.45, 2.75) is 34.1 Å². The van der Waals surface area contributed by atoms with E-state index < -0.39 is 0 Å². The summed E-state index contributed by atoms with van der Waals surface area (Å²) < 4.78 is 0. The molecule has 0 saturated carbocycles. The second kappa shape index (κ2) is 3.69. The molecule has 0 N–H and O–H groups in total. The number of rotatable bonds is 1. The zero-order chi connectivity index (χ0) is 11.0. The van der Waals surface area contributed by atoms with Crippen molar-refractivity contribution in [3.05, 3.63) is 46.5 Å². The zero-order valence-electron chi connectivity index (χ0n) is 10.0. The summed E-state index contributed by atoms with van der Waals surface area (Å²) in [4.78, 5) is 0. The second-order valence-corrected chi connectivity index (χ2v) is 4.34. The highest BCUT2D eigenvalue weighted by Crippen LogP contribution is 2.28.